The number of imidazole rings is 1. The molecule has 1 saturated heterocycles. The van der Waals surface area contributed by atoms with Gasteiger partial charge in [-0.15, -0.1) is 0 Å². The number of hydrogen-bond donors (Lipinski definition) is 1. The third-order valence-corrected chi connectivity index (χ3v) is 3.40. The molecule has 94 valence electrons. The van der Waals surface area contributed by atoms with Gasteiger partial charge < -0.3 is 15.0 Å². The van der Waals surface area contributed by atoms with Crippen LogP contribution in [-0.2, 0) is 4.74 Å². The quantitative estimate of drug-likeness (QED) is 0.824. The van der Waals surface area contributed by atoms with Gasteiger partial charge in [-0.2, -0.15) is 0 Å². The number of nitrogens with two attached hydrogens (primary N) is 1. The molecule has 0 unspecified atom stereocenters. The van der Waals surface area contributed by atoms with Crippen molar-refractivity contribution in [2.24, 2.45) is 0 Å². The topological polar surface area (TPSA) is 53.1 Å². The molecule has 0 spiro atoms. The Morgan fingerprint density at radius 1 is 1.28 bits per heavy atom. The highest BCUT2D eigenvalue weighted by Crippen LogP contribution is 2.27. The van der Waals surface area contributed by atoms with Crippen LogP contribution in [0.1, 0.15) is 18.9 Å². The maximum absolute atomic E-state index is 5.84. The predicted octanol–water partition coefficient (Wildman–Crippen LogP) is 2.48. The highest BCUT2D eigenvalue weighted by Gasteiger charge is 2.18. The van der Waals surface area contributed by atoms with E-state index in [4.69, 9.17) is 10.5 Å². The molecular weight excluding hydrogens is 226 g/mol. The van der Waals surface area contributed by atoms with Crippen LogP contribution in [0.2, 0.25) is 0 Å². The summed E-state index contributed by atoms with van der Waals surface area (Å²) >= 11 is 0. The van der Waals surface area contributed by atoms with E-state index in [1.165, 1.54) is 0 Å². The molecule has 4 nitrogen and oxygen atoms in total. The Kier molecular flexibility index (Phi) is 3.02. The van der Waals surface area contributed by atoms with Crippen LogP contribution in [0.15, 0.2) is 36.7 Å². The number of hydrogen-bond acceptors (Lipinski definition) is 3. The van der Waals surface area contributed by atoms with E-state index >= 15 is 0 Å². The Bertz CT molecular complexity index is 529. The fourth-order valence-corrected chi connectivity index (χ4v) is 2.47. The second-order valence-electron chi connectivity index (χ2n) is 4.63. The van der Waals surface area contributed by atoms with Crippen molar-refractivity contribution in [1.29, 1.82) is 0 Å². The van der Waals surface area contributed by atoms with E-state index < -0.39 is 0 Å². The van der Waals surface area contributed by atoms with Gasteiger partial charge in [0.25, 0.3) is 0 Å². The zero-order chi connectivity index (χ0) is 12.4. The van der Waals surface area contributed by atoms with E-state index in [-0.39, 0.29) is 0 Å². The Morgan fingerprint density at radius 2 is 2.11 bits per heavy atom. The van der Waals surface area contributed by atoms with Crippen LogP contribution in [0.5, 0.6) is 0 Å². The molecule has 1 aromatic carbocycles. The Balaban J connectivity index is 1.95. The van der Waals surface area contributed by atoms with E-state index in [0.717, 1.165) is 43.1 Å². The van der Waals surface area contributed by atoms with Gasteiger partial charge >= 0.3 is 0 Å². The molecule has 1 aliphatic heterocycles. The molecular formula is C14H17N3O. The minimum Gasteiger partial charge on any atom is -0.399 e. The average Bonchev–Trinajstić information content (AvgIpc) is 2.89. The first-order valence-electron chi connectivity index (χ1n) is 6.31. The van der Waals surface area contributed by atoms with Gasteiger partial charge in [0.1, 0.15) is 5.82 Å². The van der Waals surface area contributed by atoms with E-state index in [1.807, 2.05) is 24.4 Å². The molecule has 1 aliphatic rings. The van der Waals surface area contributed by atoms with Gasteiger partial charge in [-0.1, -0.05) is 12.1 Å². The van der Waals surface area contributed by atoms with Crippen LogP contribution in [-0.4, -0.2) is 22.8 Å². The van der Waals surface area contributed by atoms with Crippen molar-refractivity contribution in [3.8, 4) is 11.4 Å². The van der Waals surface area contributed by atoms with Gasteiger partial charge in [0.05, 0.1) is 0 Å². The lowest BCUT2D eigenvalue weighted by molar-refractivity contribution is 0.0700. The molecule has 0 aliphatic carbocycles. The summed E-state index contributed by atoms with van der Waals surface area (Å²) in [7, 11) is 0. The van der Waals surface area contributed by atoms with Crippen molar-refractivity contribution < 1.29 is 4.74 Å². The molecule has 4 heteroatoms. The van der Waals surface area contributed by atoms with Crippen LogP contribution >= 0.6 is 0 Å². The summed E-state index contributed by atoms with van der Waals surface area (Å²) < 4.78 is 7.66. The lowest BCUT2D eigenvalue weighted by atomic mass is 10.1. The van der Waals surface area contributed by atoms with E-state index in [9.17, 15) is 0 Å². The highest BCUT2D eigenvalue weighted by molar-refractivity contribution is 5.61. The summed E-state index contributed by atoms with van der Waals surface area (Å²) in [5.74, 6) is 0.995. The Morgan fingerprint density at radius 3 is 2.89 bits per heavy atom. The second kappa shape index (κ2) is 4.82. The summed E-state index contributed by atoms with van der Waals surface area (Å²) in [6.45, 7) is 1.67. The summed E-state index contributed by atoms with van der Waals surface area (Å²) in [4.78, 5) is 4.47. The number of rotatable bonds is 2. The Hall–Kier alpha value is -1.81. The first-order chi connectivity index (χ1) is 8.84. The zero-order valence-electron chi connectivity index (χ0n) is 10.2. The van der Waals surface area contributed by atoms with Crippen LogP contribution < -0.4 is 5.73 Å². The smallest absolute Gasteiger partial charge is 0.140 e. The number of ether oxygens (including phenoxy) is 1. The largest absolute Gasteiger partial charge is 0.399 e. The van der Waals surface area contributed by atoms with Crippen LogP contribution in [0.4, 0.5) is 5.69 Å². The normalized spacial score (nSPS) is 16.9. The fraction of sp³-hybridized carbons (Fsp3) is 0.357. The molecule has 2 aromatic rings. The van der Waals surface area contributed by atoms with Crippen molar-refractivity contribution in [2.75, 3.05) is 18.9 Å². The van der Waals surface area contributed by atoms with Crippen molar-refractivity contribution in [2.45, 2.75) is 18.9 Å². The number of aromatic nitrogens is 2. The van der Waals surface area contributed by atoms with Gasteiger partial charge in [0, 0.05) is 42.9 Å². The standard InChI is InChI=1S/C14H17N3O/c15-12-3-1-2-11(10-12)14-16-6-7-17(14)13-4-8-18-9-5-13/h1-3,6-7,10,13H,4-5,8-9,15H2. The Labute approximate surface area is 106 Å². The van der Waals surface area contributed by atoms with Gasteiger partial charge in [-0.05, 0) is 25.0 Å². The van der Waals surface area contributed by atoms with Crippen LogP contribution in [0.25, 0.3) is 11.4 Å². The van der Waals surface area contributed by atoms with Crippen LogP contribution in [0.3, 0.4) is 0 Å². The lowest BCUT2D eigenvalue weighted by Crippen LogP contribution is -2.19. The molecule has 1 aromatic heterocycles. The third-order valence-electron chi connectivity index (χ3n) is 3.40. The van der Waals surface area contributed by atoms with Crippen molar-refractivity contribution in [3.05, 3.63) is 36.7 Å². The summed E-state index contributed by atoms with van der Waals surface area (Å²) in [5.41, 5.74) is 7.68. The van der Waals surface area contributed by atoms with Gasteiger partial charge in [0.2, 0.25) is 0 Å². The molecule has 1 fully saturated rings. The molecule has 0 atom stereocenters. The monoisotopic (exact) mass is 243 g/mol. The molecule has 0 radical (unpaired) electrons. The molecule has 2 N–H and O–H groups in total. The van der Waals surface area contributed by atoms with Gasteiger partial charge in [-0.25, -0.2) is 4.98 Å². The minimum atomic E-state index is 0.484. The van der Waals surface area contributed by atoms with Crippen molar-refractivity contribution >= 4 is 5.69 Å². The summed E-state index contributed by atoms with van der Waals surface area (Å²) in [6, 6.07) is 8.36. The van der Waals surface area contributed by atoms with Crippen molar-refractivity contribution in [3.63, 3.8) is 0 Å². The van der Waals surface area contributed by atoms with E-state index in [1.54, 1.807) is 0 Å². The van der Waals surface area contributed by atoms with Gasteiger partial charge in [-0.3, -0.25) is 0 Å². The first kappa shape index (κ1) is 11.3. The number of benzene rings is 1. The second-order valence-corrected chi connectivity index (χ2v) is 4.63. The predicted molar refractivity (Wildman–Crippen MR) is 71.2 cm³/mol. The first-order valence-corrected chi connectivity index (χ1v) is 6.31. The number of nitrogens with zero attached hydrogens (tertiary/aromatic N) is 2. The maximum Gasteiger partial charge on any atom is 0.140 e. The minimum absolute atomic E-state index is 0.484. The van der Waals surface area contributed by atoms with Crippen LogP contribution in [0, 0.1) is 0 Å². The number of nitrogen functional groups attached to an aromatic ring is 1. The van der Waals surface area contributed by atoms with E-state index in [0.29, 0.717) is 6.04 Å². The molecule has 0 amide bonds. The summed E-state index contributed by atoms with van der Waals surface area (Å²) in [5, 5.41) is 0. The lowest BCUT2D eigenvalue weighted by Gasteiger charge is -2.25. The maximum atomic E-state index is 5.84. The molecule has 3 rings (SSSR count). The third kappa shape index (κ3) is 2.11. The molecule has 2 heterocycles. The molecule has 0 bridgehead atoms. The molecule has 0 saturated carbocycles. The van der Waals surface area contributed by atoms with Gasteiger partial charge in [0.15, 0.2) is 0 Å². The highest BCUT2D eigenvalue weighted by atomic mass is 16.5. The summed E-state index contributed by atoms with van der Waals surface area (Å²) in [6.07, 6.45) is 6.00. The molecule has 18 heavy (non-hydrogen) atoms. The van der Waals surface area contributed by atoms with Crippen molar-refractivity contribution in [1.82, 2.24) is 9.55 Å². The zero-order valence-corrected chi connectivity index (χ0v) is 10.2. The SMILES string of the molecule is Nc1cccc(-c2nccn2C2CCOCC2)c1. The average molecular weight is 243 g/mol. The van der Waals surface area contributed by atoms with E-state index in [2.05, 4.69) is 21.8 Å². The number of anilines is 1. The fourth-order valence-electron chi connectivity index (χ4n) is 2.47.